The number of anilines is 1. The number of rotatable bonds is 3. The molecular formula is C17H14N2O6S. The molecule has 134 valence electrons. The van der Waals surface area contributed by atoms with Crippen molar-refractivity contribution in [2.45, 2.75) is 11.8 Å². The second kappa shape index (κ2) is 6.28. The Balaban J connectivity index is 1.92. The van der Waals surface area contributed by atoms with Gasteiger partial charge in [-0.25, -0.2) is 0 Å². The van der Waals surface area contributed by atoms with E-state index < -0.39 is 16.0 Å². The number of benzene rings is 2. The molecule has 0 saturated heterocycles. The molecule has 0 aliphatic carbocycles. The number of phenolic OH excluding ortho intramolecular Hbond substituents is 2. The second-order valence-corrected chi connectivity index (χ2v) is 7.00. The van der Waals surface area contributed by atoms with Crippen LogP contribution in [0.3, 0.4) is 0 Å². The Morgan fingerprint density at radius 3 is 2.27 bits per heavy atom. The second-order valence-electron chi connectivity index (χ2n) is 5.58. The molecule has 0 radical (unpaired) electrons. The Morgan fingerprint density at radius 2 is 1.69 bits per heavy atom. The lowest BCUT2D eigenvalue weighted by Gasteiger charge is -2.12. The lowest BCUT2D eigenvalue weighted by molar-refractivity contribution is -0.114. The fourth-order valence-electron chi connectivity index (χ4n) is 2.42. The van der Waals surface area contributed by atoms with E-state index in [0.29, 0.717) is 17.0 Å². The van der Waals surface area contributed by atoms with Crippen LogP contribution < -0.4 is 5.01 Å². The fraction of sp³-hybridized carbons (Fsp3) is 0.0588. The number of carbonyl (C=O) groups excluding carboxylic acids is 1. The monoisotopic (exact) mass is 374 g/mol. The van der Waals surface area contributed by atoms with Crippen LogP contribution in [0.2, 0.25) is 0 Å². The zero-order chi connectivity index (χ0) is 19.1. The molecule has 1 aliphatic rings. The molecule has 0 saturated carbocycles. The van der Waals surface area contributed by atoms with Crippen LogP contribution in [0.4, 0.5) is 5.69 Å². The largest absolute Gasteiger partial charge is 0.504 e. The van der Waals surface area contributed by atoms with E-state index in [9.17, 15) is 23.4 Å². The van der Waals surface area contributed by atoms with E-state index in [4.69, 9.17) is 4.55 Å². The standard InChI is InChI=1S/C17H14N2O6S/c1-10-14(8-11-2-7-15(20)16(21)9-11)17(22)19(18-10)12-3-5-13(6-4-12)26(23,24)25/h2-9,20-21H,1H3,(H,23,24,25)/b14-8-. The molecule has 1 amide bonds. The van der Waals surface area contributed by atoms with E-state index in [0.717, 1.165) is 5.01 Å². The van der Waals surface area contributed by atoms with Crippen LogP contribution in [-0.2, 0) is 14.9 Å². The smallest absolute Gasteiger partial charge is 0.294 e. The molecule has 2 aromatic carbocycles. The molecule has 26 heavy (non-hydrogen) atoms. The Kier molecular flexibility index (Phi) is 4.26. The number of aromatic hydroxyl groups is 2. The highest BCUT2D eigenvalue weighted by Gasteiger charge is 2.29. The van der Waals surface area contributed by atoms with Crippen LogP contribution in [-0.4, -0.2) is 34.8 Å². The van der Waals surface area contributed by atoms with Crippen LogP contribution in [0.5, 0.6) is 11.5 Å². The molecule has 0 atom stereocenters. The molecule has 0 aromatic heterocycles. The Morgan fingerprint density at radius 1 is 1.04 bits per heavy atom. The molecule has 0 unspecified atom stereocenters. The first-order valence-electron chi connectivity index (χ1n) is 7.38. The number of hydrogen-bond acceptors (Lipinski definition) is 6. The van der Waals surface area contributed by atoms with Crippen LogP contribution in [0, 0.1) is 0 Å². The van der Waals surface area contributed by atoms with Gasteiger partial charge in [-0.3, -0.25) is 9.35 Å². The van der Waals surface area contributed by atoms with Crippen molar-refractivity contribution in [2.24, 2.45) is 5.10 Å². The predicted molar refractivity (Wildman–Crippen MR) is 94.6 cm³/mol. The molecular weight excluding hydrogens is 360 g/mol. The summed E-state index contributed by atoms with van der Waals surface area (Å²) in [5, 5.41) is 24.2. The van der Waals surface area contributed by atoms with Crippen molar-refractivity contribution in [3.05, 3.63) is 53.6 Å². The minimum absolute atomic E-state index is 0.268. The summed E-state index contributed by atoms with van der Waals surface area (Å²) in [4.78, 5) is 12.3. The van der Waals surface area contributed by atoms with E-state index >= 15 is 0 Å². The van der Waals surface area contributed by atoms with Gasteiger partial charge >= 0.3 is 0 Å². The van der Waals surface area contributed by atoms with Crippen molar-refractivity contribution >= 4 is 33.5 Å². The van der Waals surface area contributed by atoms with E-state index in [-0.39, 0.29) is 22.0 Å². The van der Waals surface area contributed by atoms with Gasteiger partial charge in [0.2, 0.25) is 0 Å². The molecule has 0 bridgehead atoms. The fourth-order valence-corrected chi connectivity index (χ4v) is 2.90. The highest BCUT2D eigenvalue weighted by Crippen LogP contribution is 2.29. The first kappa shape index (κ1) is 17.6. The van der Waals surface area contributed by atoms with Crippen molar-refractivity contribution in [1.82, 2.24) is 0 Å². The molecule has 9 heteroatoms. The predicted octanol–water partition coefficient (Wildman–Crippen LogP) is 2.15. The van der Waals surface area contributed by atoms with Crippen molar-refractivity contribution in [3.8, 4) is 11.5 Å². The average molecular weight is 374 g/mol. The SMILES string of the molecule is CC1=NN(c2ccc(S(=O)(=O)O)cc2)C(=O)/C1=C\c1ccc(O)c(O)c1. The van der Waals surface area contributed by atoms with Crippen molar-refractivity contribution < 1.29 is 28.0 Å². The Bertz CT molecular complexity index is 1060. The van der Waals surface area contributed by atoms with Gasteiger partial charge in [0.25, 0.3) is 16.0 Å². The van der Waals surface area contributed by atoms with Crippen LogP contribution in [0.25, 0.3) is 6.08 Å². The summed E-state index contributed by atoms with van der Waals surface area (Å²) in [6, 6.07) is 9.20. The number of phenols is 2. The van der Waals surface area contributed by atoms with E-state index in [2.05, 4.69) is 5.10 Å². The van der Waals surface area contributed by atoms with Gasteiger partial charge in [-0.1, -0.05) is 6.07 Å². The lowest BCUT2D eigenvalue weighted by Crippen LogP contribution is -2.21. The Labute approximate surface area is 149 Å². The topological polar surface area (TPSA) is 128 Å². The third kappa shape index (κ3) is 3.30. The van der Waals surface area contributed by atoms with Crippen LogP contribution >= 0.6 is 0 Å². The third-order valence-corrected chi connectivity index (χ3v) is 4.62. The first-order valence-corrected chi connectivity index (χ1v) is 8.82. The molecule has 0 fully saturated rings. The Hall–Kier alpha value is -3.17. The molecule has 1 heterocycles. The number of hydrazone groups is 1. The maximum Gasteiger partial charge on any atom is 0.294 e. The van der Waals surface area contributed by atoms with Gasteiger partial charge in [0.05, 0.1) is 21.9 Å². The molecule has 1 aliphatic heterocycles. The van der Waals surface area contributed by atoms with Gasteiger partial charge in [-0.15, -0.1) is 0 Å². The van der Waals surface area contributed by atoms with Crippen molar-refractivity contribution in [2.75, 3.05) is 5.01 Å². The molecule has 8 nitrogen and oxygen atoms in total. The third-order valence-electron chi connectivity index (χ3n) is 3.75. The van der Waals surface area contributed by atoms with Crippen molar-refractivity contribution in [3.63, 3.8) is 0 Å². The summed E-state index contributed by atoms with van der Waals surface area (Å²) in [6.07, 6.45) is 1.52. The maximum atomic E-state index is 12.6. The summed E-state index contributed by atoms with van der Waals surface area (Å²) in [7, 11) is -4.32. The minimum Gasteiger partial charge on any atom is -0.504 e. The van der Waals surface area contributed by atoms with Gasteiger partial charge in [-0.2, -0.15) is 18.5 Å². The van der Waals surface area contributed by atoms with Gasteiger partial charge in [0.15, 0.2) is 11.5 Å². The zero-order valence-electron chi connectivity index (χ0n) is 13.5. The average Bonchev–Trinajstić information content (AvgIpc) is 2.86. The van der Waals surface area contributed by atoms with E-state index in [1.165, 1.54) is 48.5 Å². The molecule has 0 spiro atoms. The zero-order valence-corrected chi connectivity index (χ0v) is 14.3. The van der Waals surface area contributed by atoms with Gasteiger partial charge in [0.1, 0.15) is 0 Å². The number of amides is 1. The van der Waals surface area contributed by atoms with E-state index in [1.807, 2.05) is 0 Å². The number of hydrogen-bond donors (Lipinski definition) is 3. The summed E-state index contributed by atoms with van der Waals surface area (Å²) in [5.41, 5.74) is 1.55. The van der Waals surface area contributed by atoms with Gasteiger partial charge in [0, 0.05) is 0 Å². The normalized spacial score (nSPS) is 16.2. The quantitative estimate of drug-likeness (QED) is 0.429. The number of nitrogens with zero attached hydrogens (tertiary/aromatic N) is 2. The van der Waals surface area contributed by atoms with Gasteiger partial charge < -0.3 is 10.2 Å². The first-order chi connectivity index (χ1) is 12.2. The van der Waals surface area contributed by atoms with Crippen LogP contribution in [0.15, 0.2) is 58.0 Å². The molecule has 3 N–H and O–H groups in total. The number of carbonyl (C=O) groups is 1. The van der Waals surface area contributed by atoms with Crippen molar-refractivity contribution in [1.29, 1.82) is 0 Å². The highest BCUT2D eigenvalue weighted by atomic mass is 32.2. The summed E-state index contributed by atoms with van der Waals surface area (Å²) >= 11 is 0. The van der Waals surface area contributed by atoms with Gasteiger partial charge in [-0.05, 0) is 55.0 Å². The minimum atomic E-state index is -4.32. The lowest BCUT2D eigenvalue weighted by atomic mass is 10.1. The highest BCUT2D eigenvalue weighted by molar-refractivity contribution is 7.85. The molecule has 2 aromatic rings. The van der Waals surface area contributed by atoms with E-state index in [1.54, 1.807) is 6.92 Å². The maximum absolute atomic E-state index is 12.6. The molecule has 3 rings (SSSR count). The summed E-state index contributed by atoms with van der Waals surface area (Å²) in [5.74, 6) is -1.01. The van der Waals surface area contributed by atoms with Crippen LogP contribution in [0.1, 0.15) is 12.5 Å². The summed E-state index contributed by atoms with van der Waals surface area (Å²) in [6.45, 7) is 1.64. The summed E-state index contributed by atoms with van der Waals surface area (Å²) < 4.78 is 31.2.